The molecule has 0 spiro atoms. The van der Waals surface area contributed by atoms with Gasteiger partial charge in [-0.1, -0.05) is 62.2 Å². The molecule has 0 aromatic heterocycles. The van der Waals surface area contributed by atoms with E-state index in [1.165, 1.54) is 0 Å². The van der Waals surface area contributed by atoms with Crippen LogP contribution in [0.5, 0.6) is 0 Å². The van der Waals surface area contributed by atoms with Crippen LogP contribution in [-0.4, -0.2) is 40.5 Å². The van der Waals surface area contributed by atoms with E-state index >= 15 is 0 Å². The van der Waals surface area contributed by atoms with Crippen LogP contribution in [0.25, 0.3) is 0 Å². The minimum atomic E-state index is -0.874. The highest BCUT2D eigenvalue weighted by molar-refractivity contribution is 5.92. The molecule has 2 atom stereocenters. The Labute approximate surface area is 226 Å². The molecule has 7 heteroatoms. The molecule has 0 heterocycles. The van der Waals surface area contributed by atoms with Crippen LogP contribution in [-0.2, 0) is 20.9 Å². The zero-order valence-corrected chi connectivity index (χ0v) is 23.0. The average Bonchev–Trinajstić information content (AvgIpc) is 3.69. The Kier molecular flexibility index (Phi) is 9.57. The third kappa shape index (κ3) is 8.37. The van der Waals surface area contributed by atoms with Gasteiger partial charge in [0.2, 0.25) is 11.8 Å². The van der Waals surface area contributed by atoms with Gasteiger partial charge in [0.25, 0.3) is 0 Å². The van der Waals surface area contributed by atoms with Crippen LogP contribution in [0, 0.1) is 18.3 Å². The molecular weight excluding hydrogens is 478 g/mol. The van der Waals surface area contributed by atoms with Crippen LogP contribution in [0.1, 0.15) is 76.6 Å². The molecule has 2 N–H and O–H groups in total. The highest BCUT2D eigenvalue weighted by Crippen LogP contribution is 2.36. The predicted octanol–water partition coefficient (Wildman–Crippen LogP) is 4.96. The van der Waals surface area contributed by atoms with Gasteiger partial charge in [-0.15, -0.1) is 6.42 Å². The van der Waals surface area contributed by atoms with E-state index in [-0.39, 0.29) is 23.8 Å². The zero-order valence-electron chi connectivity index (χ0n) is 23.0. The van der Waals surface area contributed by atoms with E-state index in [0.717, 1.165) is 18.4 Å². The second-order valence-corrected chi connectivity index (χ2v) is 11.2. The number of hydrogen-bond donors (Lipinski definition) is 2. The summed E-state index contributed by atoms with van der Waals surface area (Å²) in [6.45, 7) is 9.62. The van der Waals surface area contributed by atoms with Crippen molar-refractivity contribution in [1.29, 1.82) is 0 Å². The summed E-state index contributed by atoms with van der Waals surface area (Å²) in [5.74, 6) is 2.13. The van der Waals surface area contributed by atoms with E-state index < -0.39 is 23.8 Å². The second-order valence-electron chi connectivity index (χ2n) is 11.2. The van der Waals surface area contributed by atoms with Crippen LogP contribution < -0.4 is 10.6 Å². The molecule has 1 saturated carbocycles. The van der Waals surface area contributed by atoms with Gasteiger partial charge in [-0.2, -0.15) is 0 Å². The Balaban J connectivity index is 1.94. The maximum atomic E-state index is 14.1. The van der Waals surface area contributed by atoms with E-state index in [2.05, 4.69) is 16.6 Å². The minimum absolute atomic E-state index is 0.0996. The van der Waals surface area contributed by atoms with Gasteiger partial charge in [0.15, 0.2) is 0 Å². The molecule has 1 aliphatic carbocycles. The Bertz CT molecular complexity index is 1140. The highest BCUT2D eigenvalue weighted by atomic mass is 16.6. The summed E-state index contributed by atoms with van der Waals surface area (Å²) in [7, 11) is 0. The number of nitrogens with one attached hydrogen (secondary N) is 2. The number of amides is 3. The SMILES string of the molecule is C#Cc1ccc(C(C(=O)NCc2ccccc2)N(C(=O)C(CC(C)C)NC(=O)OC(C)(C)C)C2CC2)cc1. The first kappa shape index (κ1) is 28.8. The van der Waals surface area contributed by atoms with Crippen LogP contribution in [0.15, 0.2) is 54.6 Å². The summed E-state index contributed by atoms with van der Waals surface area (Å²) >= 11 is 0. The molecule has 3 rings (SSSR count). The largest absolute Gasteiger partial charge is 0.444 e. The summed E-state index contributed by atoms with van der Waals surface area (Å²) in [5, 5.41) is 5.79. The fourth-order valence-corrected chi connectivity index (χ4v) is 4.28. The third-order valence-corrected chi connectivity index (χ3v) is 6.12. The van der Waals surface area contributed by atoms with Crippen molar-refractivity contribution in [3.63, 3.8) is 0 Å². The van der Waals surface area contributed by atoms with Crippen molar-refractivity contribution in [3.05, 3.63) is 71.3 Å². The van der Waals surface area contributed by atoms with E-state index in [4.69, 9.17) is 11.2 Å². The number of benzene rings is 2. The second kappa shape index (κ2) is 12.6. The molecule has 0 saturated heterocycles. The number of ether oxygens (including phenoxy) is 1. The van der Waals surface area contributed by atoms with E-state index in [0.29, 0.717) is 24.1 Å². The molecule has 1 aliphatic rings. The fourth-order valence-electron chi connectivity index (χ4n) is 4.28. The van der Waals surface area contributed by atoms with Crippen LogP contribution in [0.3, 0.4) is 0 Å². The Morgan fingerprint density at radius 1 is 1.05 bits per heavy atom. The summed E-state index contributed by atoms with van der Waals surface area (Å²) < 4.78 is 5.44. The van der Waals surface area contributed by atoms with Gasteiger partial charge < -0.3 is 20.3 Å². The van der Waals surface area contributed by atoms with Crippen LogP contribution >= 0.6 is 0 Å². The fraction of sp³-hybridized carbons (Fsp3) is 0.452. The van der Waals surface area contributed by atoms with Gasteiger partial charge in [-0.25, -0.2) is 4.79 Å². The van der Waals surface area contributed by atoms with Gasteiger partial charge in [0.1, 0.15) is 17.7 Å². The number of nitrogens with zero attached hydrogens (tertiary/aromatic N) is 1. The summed E-state index contributed by atoms with van der Waals surface area (Å²) in [5.41, 5.74) is 1.60. The molecule has 2 aromatic rings. The number of alkyl carbamates (subject to hydrolysis) is 1. The van der Waals surface area contributed by atoms with Crippen LogP contribution in [0.2, 0.25) is 0 Å². The number of carbonyl (C=O) groups excluding carboxylic acids is 3. The molecule has 38 heavy (non-hydrogen) atoms. The van der Waals surface area contributed by atoms with Crippen molar-refractivity contribution in [2.24, 2.45) is 5.92 Å². The molecule has 2 aromatic carbocycles. The predicted molar refractivity (Wildman–Crippen MR) is 148 cm³/mol. The maximum absolute atomic E-state index is 14.1. The Hall–Kier alpha value is -3.79. The Morgan fingerprint density at radius 2 is 1.68 bits per heavy atom. The van der Waals surface area contributed by atoms with Gasteiger partial charge in [-0.05, 0) is 69.2 Å². The monoisotopic (exact) mass is 517 g/mol. The van der Waals surface area contributed by atoms with Gasteiger partial charge in [-0.3, -0.25) is 9.59 Å². The van der Waals surface area contributed by atoms with Crippen molar-refractivity contribution >= 4 is 17.9 Å². The minimum Gasteiger partial charge on any atom is -0.444 e. The number of carbonyl (C=O) groups is 3. The smallest absolute Gasteiger partial charge is 0.408 e. The molecule has 202 valence electrons. The van der Waals surface area contributed by atoms with Crippen molar-refractivity contribution in [1.82, 2.24) is 15.5 Å². The molecule has 0 bridgehead atoms. The first-order valence-electron chi connectivity index (χ1n) is 13.2. The topological polar surface area (TPSA) is 87.7 Å². The van der Waals surface area contributed by atoms with Gasteiger partial charge in [0, 0.05) is 18.2 Å². The van der Waals surface area contributed by atoms with Gasteiger partial charge >= 0.3 is 6.09 Å². The van der Waals surface area contributed by atoms with Crippen LogP contribution in [0.4, 0.5) is 4.79 Å². The molecule has 2 unspecified atom stereocenters. The summed E-state index contributed by atoms with van der Waals surface area (Å²) in [6, 6.07) is 14.9. The van der Waals surface area contributed by atoms with E-state index in [1.807, 2.05) is 44.2 Å². The van der Waals surface area contributed by atoms with E-state index in [9.17, 15) is 14.4 Å². The lowest BCUT2D eigenvalue weighted by molar-refractivity contribution is -0.143. The third-order valence-electron chi connectivity index (χ3n) is 6.12. The first-order chi connectivity index (χ1) is 18.0. The lowest BCUT2D eigenvalue weighted by atomic mass is 9.98. The van der Waals surface area contributed by atoms with Crippen molar-refractivity contribution in [2.75, 3.05) is 0 Å². The molecule has 0 radical (unpaired) electrons. The maximum Gasteiger partial charge on any atom is 0.408 e. The van der Waals surface area contributed by atoms with Crippen molar-refractivity contribution in [3.8, 4) is 12.3 Å². The van der Waals surface area contributed by atoms with Gasteiger partial charge in [0.05, 0.1) is 0 Å². The highest BCUT2D eigenvalue weighted by Gasteiger charge is 2.44. The van der Waals surface area contributed by atoms with Crippen molar-refractivity contribution < 1.29 is 19.1 Å². The lowest BCUT2D eigenvalue weighted by Gasteiger charge is -2.35. The molecule has 1 fully saturated rings. The normalized spacial score (nSPS) is 14.7. The van der Waals surface area contributed by atoms with Crippen molar-refractivity contribution in [2.45, 2.75) is 84.2 Å². The molecule has 7 nitrogen and oxygen atoms in total. The first-order valence-corrected chi connectivity index (χ1v) is 13.2. The zero-order chi connectivity index (χ0) is 27.9. The molecule has 0 aliphatic heterocycles. The number of hydrogen-bond acceptors (Lipinski definition) is 4. The molecular formula is C31H39N3O4. The molecule has 3 amide bonds. The number of terminal acetylenes is 1. The average molecular weight is 518 g/mol. The van der Waals surface area contributed by atoms with E-state index in [1.54, 1.807) is 49.9 Å². The quantitative estimate of drug-likeness (QED) is 0.436. The summed E-state index contributed by atoms with van der Waals surface area (Å²) in [6.07, 6.45) is 6.88. The number of rotatable bonds is 10. The lowest BCUT2D eigenvalue weighted by Crippen LogP contribution is -2.54. The summed E-state index contributed by atoms with van der Waals surface area (Å²) in [4.78, 5) is 42.2. The standard InChI is InChI=1S/C31H39N3O4/c1-7-22-13-15-24(16-14-22)27(28(35)32-20-23-11-9-8-10-12-23)34(25-17-18-25)29(36)26(19-21(2)3)33-30(37)38-31(4,5)6/h1,8-16,21,25-27H,17-20H2,2-6H3,(H,32,35)(H,33,37). The Morgan fingerprint density at radius 3 is 2.21 bits per heavy atom.